The van der Waals surface area contributed by atoms with E-state index >= 15 is 0 Å². The second-order valence-corrected chi connectivity index (χ2v) is 7.03. The van der Waals surface area contributed by atoms with Crippen molar-refractivity contribution in [1.82, 2.24) is 0 Å². The number of benzene rings is 1. The van der Waals surface area contributed by atoms with E-state index in [-0.39, 0.29) is 11.6 Å². The molecule has 0 bridgehead atoms. The molecule has 1 saturated carbocycles. The first kappa shape index (κ1) is 18.0. The Hall–Kier alpha value is -1.31. The van der Waals surface area contributed by atoms with Gasteiger partial charge in [-0.05, 0) is 62.0 Å². The van der Waals surface area contributed by atoms with Crippen LogP contribution in [-0.2, 0) is 16.0 Å². The molecular formula is C21H32O2. The summed E-state index contributed by atoms with van der Waals surface area (Å²) in [6, 6.07) is 8.58. The molecule has 0 radical (unpaired) electrons. The highest BCUT2D eigenvalue weighted by molar-refractivity contribution is 5.73. The van der Waals surface area contributed by atoms with E-state index < -0.39 is 0 Å². The van der Waals surface area contributed by atoms with Crippen LogP contribution in [0.3, 0.4) is 0 Å². The lowest BCUT2D eigenvalue weighted by Crippen LogP contribution is -2.31. The summed E-state index contributed by atoms with van der Waals surface area (Å²) in [4.78, 5) is 12.3. The first-order chi connectivity index (χ1) is 11.1. The van der Waals surface area contributed by atoms with Gasteiger partial charge in [0.2, 0.25) is 0 Å². The zero-order valence-electron chi connectivity index (χ0n) is 15.1. The van der Waals surface area contributed by atoms with Gasteiger partial charge in [0.1, 0.15) is 5.60 Å². The molecule has 2 rings (SSSR count). The van der Waals surface area contributed by atoms with Gasteiger partial charge in [0, 0.05) is 0 Å². The number of esters is 1. The number of hydrogen-bond acceptors (Lipinski definition) is 2. The highest BCUT2D eigenvalue weighted by atomic mass is 16.6. The normalized spacial score (nSPS) is 17.9. The predicted molar refractivity (Wildman–Crippen MR) is 95.7 cm³/mol. The quantitative estimate of drug-likeness (QED) is 0.567. The number of hydrogen-bond donors (Lipinski definition) is 0. The predicted octanol–water partition coefficient (Wildman–Crippen LogP) is 5.79. The van der Waals surface area contributed by atoms with Crippen LogP contribution in [0.4, 0.5) is 0 Å². The molecule has 1 unspecified atom stereocenters. The number of carbonyl (C=O) groups excluding carboxylic acids is 1. The van der Waals surface area contributed by atoms with Crippen molar-refractivity contribution in [2.24, 2.45) is 0 Å². The molecule has 0 saturated heterocycles. The lowest BCUT2D eigenvalue weighted by Gasteiger charge is -2.27. The van der Waals surface area contributed by atoms with Crippen molar-refractivity contribution >= 4 is 5.97 Å². The van der Waals surface area contributed by atoms with E-state index in [1.165, 1.54) is 37.7 Å². The Bertz CT molecular complexity index is 483. The molecule has 128 valence electrons. The van der Waals surface area contributed by atoms with E-state index in [9.17, 15) is 4.79 Å². The molecule has 1 aromatic carbocycles. The van der Waals surface area contributed by atoms with Crippen molar-refractivity contribution in [1.29, 1.82) is 0 Å². The van der Waals surface area contributed by atoms with Gasteiger partial charge in [-0.25, -0.2) is 0 Å². The van der Waals surface area contributed by atoms with Gasteiger partial charge < -0.3 is 4.74 Å². The topological polar surface area (TPSA) is 26.3 Å². The maximum atomic E-state index is 12.3. The van der Waals surface area contributed by atoms with E-state index in [1.807, 2.05) is 0 Å². The summed E-state index contributed by atoms with van der Waals surface area (Å²) in [5.41, 5.74) is 2.28. The average molecular weight is 316 g/mol. The Balaban J connectivity index is 1.93. The van der Waals surface area contributed by atoms with Crippen LogP contribution in [-0.4, -0.2) is 11.6 Å². The molecule has 1 atom stereocenters. The Morgan fingerprint density at radius 2 is 1.78 bits per heavy atom. The lowest BCUT2D eigenvalue weighted by atomic mass is 9.91. The molecule has 0 spiro atoms. The summed E-state index contributed by atoms with van der Waals surface area (Å²) >= 11 is 0. The van der Waals surface area contributed by atoms with Crippen LogP contribution in [0.2, 0.25) is 0 Å². The van der Waals surface area contributed by atoms with Crippen LogP contribution in [0.15, 0.2) is 24.3 Å². The Labute approximate surface area is 141 Å². The van der Waals surface area contributed by atoms with Gasteiger partial charge in [-0.2, -0.15) is 0 Å². The van der Waals surface area contributed by atoms with Gasteiger partial charge >= 0.3 is 5.97 Å². The minimum atomic E-state index is -0.175. The molecule has 1 aromatic rings. The van der Waals surface area contributed by atoms with Gasteiger partial charge in [-0.1, -0.05) is 51.5 Å². The Kier molecular flexibility index (Phi) is 6.68. The molecule has 2 nitrogen and oxygen atoms in total. The van der Waals surface area contributed by atoms with Crippen LogP contribution < -0.4 is 0 Å². The fourth-order valence-corrected chi connectivity index (χ4v) is 3.85. The van der Waals surface area contributed by atoms with Crippen molar-refractivity contribution < 1.29 is 9.53 Å². The molecule has 0 aliphatic heterocycles. The summed E-state index contributed by atoms with van der Waals surface area (Å²) in [6.07, 6.45) is 9.39. The van der Waals surface area contributed by atoms with Gasteiger partial charge in [-0.3, -0.25) is 4.79 Å². The third-order valence-electron chi connectivity index (χ3n) is 5.42. The first-order valence-electron chi connectivity index (χ1n) is 9.43. The Morgan fingerprint density at radius 3 is 2.30 bits per heavy atom. The zero-order chi connectivity index (χ0) is 16.7. The molecule has 1 fully saturated rings. The summed E-state index contributed by atoms with van der Waals surface area (Å²) in [5, 5.41) is 0. The number of ether oxygens (including phenoxy) is 1. The number of carbonyl (C=O) groups is 1. The smallest absolute Gasteiger partial charge is 0.310 e. The van der Waals surface area contributed by atoms with Crippen molar-refractivity contribution in [3.8, 4) is 0 Å². The van der Waals surface area contributed by atoms with Crippen LogP contribution in [0.1, 0.15) is 89.2 Å². The molecule has 0 aromatic heterocycles. The third kappa shape index (κ3) is 4.83. The molecule has 2 heteroatoms. The minimum absolute atomic E-state index is 0.0675. The van der Waals surface area contributed by atoms with Crippen LogP contribution >= 0.6 is 0 Å². The summed E-state index contributed by atoms with van der Waals surface area (Å²) in [5.74, 6) is 0.574. The zero-order valence-corrected chi connectivity index (χ0v) is 15.1. The Morgan fingerprint density at radius 1 is 1.13 bits per heavy atom. The molecule has 0 heterocycles. The summed E-state index contributed by atoms with van der Waals surface area (Å²) < 4.78 is 5.85. The van der Waals surface area contributed by atoms with Gasteiger partial charge in [0.15, 0.2) is 0 Å². The lowest BCUT2D eigenvalue weighted by molar-refractivity contribution is -0.158. The molecule has 0 amide bonds. The molecular weight excluding hydrogens is 284 g/mol. The van der Waals surface area contributed by atoms with Crippen molar-refractivity contribution in [3.63, 3.8) is 0 Å². The highest BCUT2D eigenvalue weighted by Gasteiger charge is 2.35. The van der Waals surface area contributed by atoms with Gasteiger partial charge in [0.05, 0.1) is 6.42 Å². The average Bonchev–Trinajstić information content (AvgIpc) is 3.02. The maximum Gasteiger partial charge on any atom is 0.310 e. The second kappa shape index (κ2) is 8.52. The monoisotopic (exact) mass is 316 g/mol. The first-order valence-corrected chi connectivity index (χ1v) is 9.43. The van der Waals surface area contributed by atoms with Gasteiger partial charge in [0.25, 0.3) is 0 Å². The summed E-state index contributed by atoms with van der Waals surface area (Å²) in [6.45, 7) is 6.61. The minimum Gasteiger partial charge on any atom is -0.459 e. The standard InChI is InChI=1S/C21H32O2/c1-4-9-18(5-2)19-12-10-17(11-13-19)16-20(22)23-21(6-3)14-7-8-15-21/h10-13,18H,4-9,14-16H2,1-3H3. The second-order valence-electron chi connectivity index (χ2n) is 7.03. The molecule has 23 heavy (non-hydrogen) atoms. The van der Waals surface area contributed by atoms with E-state index in [1.54, 1.807) is 0 Å². The van der Waals surface area contributed by atoms with Crippen LogP contribution in [0.5, 0.6) is 0 Å². The van der Waals surface area contributed by atoms with E-state index in [0.717, 1.165) is 24.8 Å². The third-order valence-corrected chi connectivity index (χ3v) is 5.42. The molecule has 1 aliphatic rings. The van der Waals surface area contributed by atoms with Crippen LogP contribution in [0.25, 0.3) is 0 Å². The largest absolute Gasteiger partial charge is 0.459 e. The SMILES string of the molecule is CCCC(CC)c1ccc(CC(=O)OC2(CC)CCCC2)cc1. The van der Waals surface area contributed by atoms with Crippen molar-refractivity contribution in [2.75, 3.05) is 0 Å². The van der Waals surface area contributed by atoms with Crippen LogP contribution in [0, 0.1) is 0 Å². The molecule has 1 aliphatic carbocycles. The fourth-order valence-electron chi connectivity index (χ4n) is 3.85. The van der Waals surface area contributed by atoms with Crippen molar-refractivity contribution in [3.05, 3.63) is 35.4 Å². The maximum absolute atomic E-state index is 12.3. The van der Waals surface area contributed by atoms with Crippen molar-refractivity contribution in [2.45, 2.75) is 90.1 Å². The fraction of sp³-hybridized carbons (Fsp3) is 0.667. The highest BCUT2D eigenvalue weighted by Crippen LogP contribution is 2.36. The number of rotatable bonds is 8. The molecule has 0 N–H and O–H groups in total. The van der Waals surface area contributed by atoms with E-state index in [4.69, 9.17) is 4.74 Å². The van der Waals surface area contributed by atoms with E-state index in [2.05, 4.69) is 45.0 Å². The van der Waals surface area contributed by atoms with E-state index in [0.29, 0.717) is 12.3 Å². The van der Waals surface area contributed by atoms with Gasteiger partial charge in [-0.15, -0.1) is 0 Å². The summed E-state index contributed by atoms with van der Waals surface area (Å²) in [7, 11) is 0.